The van der Waals surface area contributed by atoms with Gasteiger partial charge >= 0.3 is 0 Å². The van der Waals surface area contributed by atoms with Gasteiger partial charge in [0.05, 0.1) is 19.3 Å². The molecule has 0 aromatic rings. The highest BCUT2D eigenvalue weighted by atomic mass is 16.5. The van der Waals surface area contributed by atoms with E-state index in [9.17, 15) is 4.79 Å². The number of carbonyl (C=O) groups excluding carboxylic acids is 1. The summed E-state index contributed by atoms with van der Waals surface area (Å²) in [6.07, 6.45) is 4.98. The summed E-state index contributed by atoms with van der Waals surface area (Å²) in [7, 11) is 1.62. The molecule has 2 N–H and O–H groups in total. The Morgan fingerprint density at radius 1 is 1.41 bits per heavy atom. The Labute approximate surface area is 103 Å². The summed E-state index contributed by atoms with van der Waals surface area (Å²) in [5, 5.41) is 5.89. The third kappa shape index (κ3) is 7.31. The highest BCUT2D eigenvalue weighted by Crippen LogP contribution is 2.14. The van der Waals surface area contributed by atoms with Gasteiger partial charge in [0.1, 0.15) is 0 Å². The summed E-state index contributed by atoms with van der Waals surface area (Å²) in [6, 6.07) is 0. The fourth-order valence-electron chi connectivity index (χ4n) is 1.86. The molecule has 0 radical (unpaired) electrons. The van der Waals surface area contributed by atoms with Gasteiger partial charge in [-0.05, 0) is 32.2 Å². The van der Waals surface area contributed by atoms with Crippen LogP contribution in [0.5, 0.6) is 0 Å². The number of ether oxygens (including phenoxy) is 2. The fraction of sp³-hybridized carbons (Fsp3) is 0.917. The Morgan fingerprint density at radius 3 is 3.00 bits per heavy atom. The minimum Gasteiger partial charge on any atom is -0.383 e. The zero-order valence-corrected chi connectivity index (χ0v) is 10.7. The Morgan fingerprint density at radius 2 is 2.29 bits per heavy atom. The van der Waals surface area contributed by atoms with Gasteiger partial charge < -0.3 is 20.1 Å². The molecule has 5 heteroatoms. The van der Waals surface area contributed by atoms with Crippen molar-refractivity contribution in [3.05, 3.63) is 0 Å². The highest BCUT2D eigenvalue weighted by Gasteiger charge is 2.12. The zero-order chi connectivity index (χ0) is 12.3. The lowest BCUT2D eigenvalue weighted by Crippen LogP contribution is -2.36. The maximum atomic E-state index is 11.3. The molecule has 100 valence electrons. The smallest absolute Gasteiger partial charge is 0.234 e. The van der Waals surface area contributed by atoms with E-state index in [0.29, 0.717) is 25.8 Å². The van der Waals surface area contributed by atoms with Crippen LogP contribution in [-0.2, 0) is 14.3 Å². The van der Waals surface area contributed by atoms with E-state index in [1.807, 2.05) is 0 Å². The molecule has 1 unspecified atom stereocenters. The first-order valence-corrected chi connectivity index (χ1v) is 6.41. The minimum atomic E-state index is 0.0200. The molecule has 1 rings (SSSR count). The number of carbonyl (C=O) groups is 1. The molecular formula is C12H24N2O3. The van der Waals surface area contributed by atoms with E-state index in [1.54, 1.807) is 7.11 Å². The Bertz CT molecular complexity index is 206. The standard InChI is InChI=1S/C12H24N2O3/c1-16-9-7-14-12(15)10-13-6-5-11-4-2-3-8-17-11/h11,13H,2-10H2,1H3,(H,14,15). The lowest BCUT2D eigenvalue weighted by atomic mass is 10.1. The monoisotopic (exact) mass is 244 g/mol. The van der Waals surface area contributed by atoms with Gasteiger partial charge in [-0.3, -0.25) is 4.79 Å². The molecule has 1 saturated heterocycles. The lowest BCUT2D eigenvalue weighted by molar-refractivity contribution is -0.120. The van der Waals surface area contributed by atoms with Crippen molar-refractivity contribution in [2.75, 3.05) is 40.0 Å². The van der Waals surface area contributed by atoms with Gasteiger partial charge in [-0.1, -0.05) is 0 Å². The van der Waals surface area contributed by atoms with Crippen LogP contribution < -0.4 is 10.6 Å². The lowest BCUT2D eigenvalue weighted by Gasteiger charge is -2.22. The first-order valence-electron chi connectivity index (χ1n) is 6.41. The number of nitrogens with one attached hydrogen (secondary N) is 2. The molecule has 1 atom stereocenters. The van der Waals surface area contributed by atoms with E-state index >= 15 is 0 Å². The van der Waals surface area contributed by atoms with E-state index in [1.165, 1.54) is 12.8 Å². The quantitative estimate of drug-likeness (QED) is 0.603. The first-order chi connectivity index (χ1) is 8.33. The van der Waals surface area contributed by atoms with Crippen LogP contribution in [0.2, 0.25) is 0 Å². The Hall–Kier alpha value is -0.650. The van der Waals surface area contributed by atoms with E-state index in [0.717, 1.165) is 26.0 Å². The highest BCUT2D eigenvalue weighted by molar-refractivity contribution is 5.77. The molecule has 0 bridgehead atoms. The van der Waals surface area contributed by atoms with Crippen LogP contribution in [0, 0.1) is 0 Å². The average Bonchev–Trinajstić information content (AvgIpc) is 2.36. The minimum absolute atomic E-state index is 0.0200. The van der Waals surface area contributed by atoms with Crippen LogP contribution in [0.25, 0.3) is 0 Å². The predicted molar refractivity (Wildman–Crippen MR) is 66.0 cm³/mol. The van der Waals surface area contributed by atoms with E-state index in [2.05, 4.69) is 10.6 Å². The Kier molecular flexibility index (Phi) is 7.96. The molecule has 1 aliphatic heterocycles. The van der Waals surface area contributed by atoms with Crippen LogP contribution in [0.15, 0.2) is 0 Å². The second-order valence-corrected chi connectivity index (χ2v) is 4.30. The van der Waals surface area contributed by atoms with Crippen LogP contribution in [0.4, 0.5) is 0 Å². The number of amides is 1. The van der Waals surface area contributed by atoms with E-state index < -0.39 is 0 Å². The fourth-order valence-corrected chi connectivity index (χ4v) is 1.86. The molecular weight excluding hydrogens is 220 g/mol. The number of rotatable bonds is 8. The van der Waals surface area contributed by atoms with Gasteiger partial charge in [0.25, 0.3) is 0 Å². The van der Waals surface area contributed by atoms with Crippen LogP contribution >= 0.6 is 0 Å². The molecule has 1 amide bonds. The first kappa shape index (κ1) is 14.4. The molecule has 5 nitrogen and oxygen atoms in total. The van der Waals surface area contributed by atoms with Crippen molar-refractivity contribution in [3.63, 3.8) is 0 Å². The van der Waals surface area contributed by atoms with Crippen molar-refractivity contribution in [2.24, 2.45) is 0 Å². The summed E-state index contributed by atoms with van der Waals surface area (Å²) < 4.78 is 10.5. The van der Waals surface area contributed by atoms with E-state index in [4.69, 9.17) is 9.47 Å². The van der Waals surface area contributed by atoms with Gasteiger partial charge in [-0.25, -0.2) is 0 Å². The van der Waals surface area contributed by atoms with Gasteiger partial charge in [0.2, 0.25) is 5.91 Å². The van der Waals surface area contributed by atoms with Crippen LogP contribution in [0.1, 0.15) is 25.7 Å². The van der Waals surface area contributed by atoms with Crippen molar-refractivity contribution < 1.29 is 14.3 Å². The van der Waals surface area contributed by atoms with Crippen molar-refractivity contribution in [1.82, 2.24) is 10.6 Å². The molecule has 0 aromatic heterocycles. The van der Waals surface area contributed by atoms with Gasteiger partial charge in [0, 0.05) is 20.3 Å². The molecule has 0 aliphatic carbocycles. The second-order valence-electron chi connectivity index (χ2n) is 4.30. The third-order valence-corrected chi connectivity index (χ3v) is 2.83. The summed E-state index contributed by atoms with van der Waals surface area (Å²) in [4.78, 5) is 11.3. The molecule has 1 aliphatic rings. The Balaban J connectivity index is 1.90. The number of methoxy groups -OCH3 is 1. The third-order valence-electron chi connectivity index (χ3n) is 2.83. The maximum Gasteiger partial charge on any atom is 0.234 e. The summed E-state index contributed by atoms with van der Waals surface area (Å²) in [5.74, 6) is 0.0200. The van der Waals surface area contributed by atoms with Crippen molar-refractivity contribution in [2.45, 2.75) is 31.8 Å². The van der Waals surface area contributed by atoms with Crippen molar-refractivity contribution >= 4 is 5.91 Å². The van der Waals surface area contributed by atoms with Gasteiger partial charge in [-0.15, -0.1) is 0 Å². The topological polar surface area (TPSA) is 59.6 Å². The normalized spacial score (nSPS) is 20.2. The molecule has 0 spiro atoms. The largest absolute Gasteiger partial charge is 0.383 e. The SMILES string of the molecule is COCCNC(=O)CNCCC1CCCCO1. The molecule has 0 saturated carbocycles. The molecule has 17 heavy (non-hydrogen) atoms. The number of hydrogen-bond donors (Lipinski definition) is 2. The molecule has 0 aromatic carbocycles. The zero-order valence-electron chi connectivity index (χ0n) is 10.7. The van der Waals surface area contributed by atoms with E-state index in [-0.39, 0.29) is 5.91 Å². The van der Waals surface area contributed by atoms with Crippen molar-refractivity contribution in [3.8, 4) is 0 Å². The van der Waals surface area contributed by atoms with Gasteiger partial charge in [-0.2, -0.15) is 0 Å². The maximum absolute atomic E-state index is 11.3. The van der Waals surface area contributed by atoms with Crippen LogP contribution in [0.3, 0.4) is 0 Å². The van der Waals surface area contributed by atoms with Gasteiger partial charge in [0.15, 0.2) is 0 Å². The summed E-state index contributed by atoms with van der Waals surface area (Å²) in [6.45, 7) is 3.23. The predicted octanol–water partition coefficient (Wildman–Crippen LogP) is 0.298. The molecule has 1 fully saturated rings. The summed E-state index contributed by atoms with van der Waals surface area (Å²) in [5.41, 5.74) is 0. The van der Waals surface area contributed by atoms with Crippen LogP contribution in [-0.4, -0.2) is 52.0 Å². The average molecular weight is 244 g/mol. The second kappa shape index (κ2) is 9.39. The summed E-state index contributed by atoms with van der Waals surface area (Å²) >= 11 is 0. The van der Waals surface area contributed by atoms with Crippen molar-refractivity contribution in [1.29, 1.82) is 0 Å². The number of hydrogen-bond acceptors (Lipinski definition) is 4. The molecule has 1 heterocycles.